The van der Waals surface area contributed by atoms with Crippen LogP contribution in [0, 0.1) is 0 Å². The fourth-order valence-corrected chi connectivity index (χ4v) is 3.62. The molecule has 1 heterocycles. The van der Waals surface area contributed by atoms with Gasteiger partial charge in [-0.05, 0) is 49.3 Å². The summed E-state index contributed by atoms with van der Waals surface area (Å²) in [5.74, 6) is -0.426. The second-order valence-corrected chi connectivity index (χ2v) is 7.46. The van der Waals surface area contributed by atoms with Gasteiger partial charge in [0.2, 0.25) is 0 Å². The number of thiocarbonyl (C=S) groups is 1. The van der Waals surface area contributed by atoms with Crippen LogP contribution in [-0.4, -0.2) is 34.9 Å². The summed E-state index contributed by atoms with van der Waals surface area (Å²) in [5, 5.41) is 6.05. The molecular formula is C21H22ClN3O2S. The molecule has 0 aliphatic carbocycles. The first-order chi connectivity index (χ1) is 13.6. The van der Waals surface area contributed by atoms with Crippen molar-refractivity contribution in [3.05, 3.63) is 64.7 Å². The van der Waals surface area contributed by atoms with E-state index in [2.05, 4.69) is 10.6 Å². The van der Waals surface area contributed by atoms with Crippen LogP contribution in [0.3, 0.4) is 0 Å². The number of likely N-dealkylation sites (tertiary alicyclic amines) is 1. The van der Waals surface area contributed by atoms with Gasteiger partial charge in [0.1, 0.15) is 0 Å². The van der Waals surface area contributed by atoms with Crippen molar-refractivity contribution in [2.75, 3.05) is 18.4 Å². The molecule has 2 aromatic rings. The zero-order chi connectivity index (χ0) is 19.9. The molecule has 28 heavy (non-hydrogen) atoms. The minimum atomic E-state index is -0.403. The van der Waals surface area contributed by atoms with Crippen molar-refractivity contribution in [2.45, 2.75) is 25.7 Å². The lowest BCUT2D eigenvalue weighted by Crippen LogP contribution is -2.36. The van der Waals surface area contributed by atoms with E-state index in [0.717, 1.165) is 38.8 Å². The van der Waals surface area contributed by atoms with Gasteiger partial charge in [-0.15, -0.1) is 0 Å². The van der Waals surface area contributed by atoms with E-state index in [4.69, 9.17) is 23.8 Å². The van der Waals surface area contributed by atoms with Crippen molar-refractivity contribution < 1.29 is 9.59 Å². The maximum atomic E-state index is 13.0. The van der Waals surface area contributed by atoms with E-state index >= 15 is 0 Å². The number of halogens is 1. The van der Waals surface area contributed by atoms with Crippen LogP contribution >= 0.6 is 23.8 Å². The topological polar surface area (TPSA) is 61.4 Å². The van der Waals surface area contributed by atoms with Crippen LogP contribution in [0.2, 0.25) is 5.02 Å². The van der Waals surface area contributed by atoms with E-state index in [-0.39, 0.29) is 11.0 Å². The van der Waals surface area contributed by atoms with Crippen molar-refractivity contribution in [1.82, 2.24) is 10.2 Å². The van der Waals surface area contributed by atoms with Crippen LogP contribution in [-0.2, 0) is 0 Å². The molecule has 0 saturated carbocycles. The number of benzene rings is 2. The lowest BCUT2D eigenvalue weighted by Gasteiger charge is -2.22. The first-order valence-electron chi connectivity index (χ1n) is 9.31. The Hall–Kier alpha value is -2.44. The number of hydrogen-bond acceptors (Lipinski definition) is 3. The van der Waals surface area contributed by atoms with Gasteiger partial charge in [0.15, 0.2) is 5.11 Å². The van der Waals surface area contributed by atoms with E-state index in [0.29, 0.717) is 21.8 Å². The maximum Gasteiger partial charge on any atom is 0.258 e. The van der Waals surface area contributed by atoms with Crippen LogP contribution < -0.4 is 10.6 Å². The lowest BCUT2D eigenvalue weighted by molar-refractivity contribution is 0.0762. The molecule has 7 heteroatoms. The van der Waals surface area contributed by atoms with Gasteiger partial charge >= 0.3 is 0 Å². The number of para-hydroxylation sites is 1. The highest BCUT2D eigenvalue weighted by Crippen LogP contribution is 2.20. The van der Waals surface area contributed by atoms with Crippen molar-refractivity contribution in [2.24, 2.45) is 0 Å². The molecule has 0 radical (unpaired) electrons. The van der Waals surface area contributed by atoms with Crippen LogP contribution in [0.15, 0.2) is 48.5 Å². The second-order valence-electron chi connectivity index (χ2n) is 6.64. The average Bonchev–Trinajstić information content (AvgIpc) is 2.97. The summed E-state index contributed by atoms with van der Waals surface area (Å²) >= 11 is 11.3. The Morgan fingerprint density at radius 3 is 2.18 bits per heavy atom. The molecule has 1 aliphatic rings. The lowest BCUT2D eigenvalue weighted by atomic mass is 10.1. The predicted molar refractivity (Wildman–Crippen MR) is 116 cm³/mol. The normalized spacial score (nSPS) is 14.1. The van der Waals surface area contributed by atoms with Gasteiger partial charge in [-0.2, -0.15) is 0 Å². The van der Waals surface area contributed by atoms with Gasteiger partial charge in [0, 0.05) is 13.1 Å². The van der Waals surface area contributed by atoms with E-state index in [1.165, 1.54) is 0 Å². The molecule has 2 amide bonds. The Labute approximate surface area is 175 Å². The predicted octanol–water partition coefficient (Wildman–Crippen LogP) is 4.48. The highest BCUT2D eigenvalue weighted by molar-refractivity contribution is 7.80. The number of nitrogens with one attached hydrogen (secondary N) is 2. The summed E-state index contributed by atoms with van der Waals surface area (Å²) < 4.78 is 0. The summed E-state index contributed by atoms with van der Waals surface area (Å²) in [5.41, 5.74) is 1.45. The summed E-state index contributed by atoms with van der Waals surface area (Å²) in [6, 6.07) is 13.9. The van der Waals surface area contributed by atoms with Gasteiger partial charge in [0.25, 0.3) is 11.8 Å². The molecular weight excluding hydrogens is 394 g/mol. The molecule has 1 fully saturated rings. The monoisotopic (exact) mass is 415 g/mol. The highest BCUT2D eigenvalue weighted by atomic mass is 35.5. The van der Waals surface area contributed by atoms with E-state index in [1.807, 2.05) is 17.0 Å². The van der Waals surface area contributed by atoms with Crippen molar-refractivity contribution in [1.29, 1.82) is 0 Å². The van der Waals surface area contributed by atoms with Gasteiger partial charge in [-0.25, -0.2) is 0 Å². The number of hydrogen-bond donors (Lipinski definition) is 2. The number of anilines is 1. The fourth-order valence-electron chi connectivity index (χ4n) is 3.19. The van der Waals surface area contributed by atoms with E-state index in [1.54, 1.807) is 36.4 Å². The Balaban J connectivity index is 1.70. The number of rotatable bonds is 3. The fraction of sp³-hybridized carbons (Fsp3) is 0.286. The molecule has 0 bridgehead atoms. The number of nitrogens with zero attached hydrogens (tertiary/aromatic N) is 1. The Bertz CT molecular complexity index is 879. The first-order valence-corrected chi connectivity index (χ1v) is 10.1. The largest absolute Gasteiger partial charge is 0.339 e. The molecule has 0 unspecified atom stereocenters. The van der Waals surface area contributed by atoms with Crippen LogP contribution in [0.5, 0.6) is 0 Å². The van der Waals surface area contributed by atoms with Crippen molar-refractivity contribution in [3.63, 3.8) is 0 Å². The summed E-state index contributed by atoms with van der Waals surface area (Å²) in [7, 11) is 0. The maximum absolute atomic E-state index is 13.0. The third kappa shape index (κ3) is 5.09. The van der Waals surface area contributed by atoms with Crippen LogP contribution in [0.1, 0.15) is 46.4 Å². The molecule has 0 spiro atoms. The third-order valence-corrected chi connectivity index (χ3v) is 5.18. The standard InChI is InChI=1S/C21H22ClN3O2S/c22-17-11-5-3-9-15(17)19(26)24-21(28)23-18-12-6-4-10-16(18)20(27)25-13-7-1-2-8-14-25/h3-6,9-12H,1-2,7-8,13-14H2,(H2,23,24,26,28). The smallest absolute Gasteiger partial charge is 0.258 e. The van der Waals surface area contributed by atoms with Crippen molar-refractivity contribution in [3.8, 4) is 0 Å². The molecule has 5 nitrogen and oxygen atoms in total. The first kappa shape index (κ1) is 20.3. The zero-order valence-corrected chi connectivity index (χ0v) is 17.0. The van der Waals surface area contributed by atoms with E-state index < -0.39 is 5.91 Å². The number of amides is 2. The second kappa shape index (κ2) is 9.66. The average molecular weight is 416 g/mol. The minimum Gasteiger partial charge on any atom is -0.339 e. The van der Waals surface area contributed by atoms with Crippen LogP contribution in [0.25, 0.3) is 0 Å². The summed E-state index contributed by atoms with van der Waals surface area (Å²) in [6.07, 6.45) is 4.35. The number of carbonyl (C=O) groups excluding carboxylic acids is 2. The molecule has 3 rings (SSSR count). The Morgan fingerprint density at radius 1 is 0.893 bits per heavy atom. The quantitative estimate of drug-likeness (QED) is 0.725. The van der Waals surface area contributed by atoms with Gasteiger partial charge in [-0.3, -0.25) is 14.9 Å². The van der Waals surface area contributed by atoms with Gasteiger partial charge in [-0.1, -0.05) is 48.7 Å². The Kier molecular flexibility index (Phi) is 7.01. The summed E-state index contributed by atoms with van der Waals surface area (Å²) in [4.78, 5) is 27.2. The van der Waals surface area contributed by atoms with Crippen molar-refractivity contribution >= 4 is 46.4 Å². The molecule has 0 aromatic heterocycles. The Morgan fingerprint density at radius 2 is 1.50 bits per heavy atom. The van der Waals surface area contributed by atoms with Crippen LogP contribution in [0.4, 0.5) is 5.69 Å². The number of carbonyl (C=O) groups is 2. The highest BCUT2D eigenvalue weighted by Gasteiger charge is 2.20. The molecule has 1 aliphatic heterocycles. The SMILES string of the molecule is O=C(NC(=S)Nc1ccccc1C(=O)N1CCCCCC1)c1ccccc1Cl. The zero-order valence-electron chi connectivity index (χ0n) is 15.4. The minimum absolute atomic E-state index is 0.0229. The third-order valence-electron chi connectivity index (χ3n) is 4.64. The molecule has 2 aromatic carbocycles. The van der Waals surface area contributed by atoms with Gasteiger partial charge < -0.3 is 10.2 Å². The molecule has 2 N–H and O–H groups in total. The molecule has 0 atom stereocenters. The molecule has 1 saturated heterocycles. The summed E-state index contributed by atoms with van der Waals surface area (Å²) in [6.45, 7) is 1.53. The van der Waals surface area contributed by atoms with Gasteiger partial charge in [0.05, 0.1) is 21.8 Å². The van der Waals surface area contributed by atoms with E-state index in [9.17, 15) is 9.59 Å². The molecule has 146 valence electrons.